The molecular formula is C20H21N3O2S2. The molecule has 1 aromatic carbocycles. The summed E-state index contributed by atoms with van der Waals surface area (Å²) in [5.41, 5.74) is 2.28. The Morgan fingerprint density at radius 1 is 1.26 bits per heavy atom. The minimum Gasteiger partial charge on any atom is -0.352 e. The Morgan fingerprint density at radius 3 is 2.96 bits per heavy atom. The molecule has 27 heavy (non-hydrogen) atoms. The molecule has 0 unspecified atom stereocenters. The van der Waals surface area contributed by atoms with E-state index in [4.69, 9.17) is 0 Å². The molecule has 0 atom stereocenters. The molecule has 1 amide bonds. The first-order chi connectivity index (χ1) is 13.2. The van der Waals surface area contributed by atoms with E-state index in [-0.39, 0.29) is 11.5 Å². The molecule has 140 valence electrons. The summed E-state index contributed by atoms with van der Waals surface area (Å²) in [5.74, 6) is 2.04. The molecule has 4 rings (SSSR count). The number of benzene rings is 1. The summed E-state index contributed by atoms with van der Waals surface area (Å²) in [6.07, 6.45) is 3.65. The number of nitrogens with one attached hydrogen (secondary N) is 2. The number of hydrogen-bond acceptors (Lipinski definition) is 5. The van der Waals surface area contributed by atoms with E-state index in [2.05, 4.69) is 15.3 Å². The third kappa shape index (κ3) is 4.25. The summed E-state index contributed by atoms with van der Waals surface area (Å²) >= 11 is 3.27. The van der Waals surface area contributed by atoms with Crippen molar-refractivity contribution in [1.29, 1.82) is 0 Å². The third-order valence-corrected chi connectivity index (χ3v) is 6.82. The maximum absolute atomic E-state index is 12.4. The van der Waals surface area contributed by atoms with Crippen LogP contribution in [-0.4, -0.2) is 21.6 Å². The number of carbonyl (C=O) groups is 1. The molecule has 0 saturated heterocycles. The fraction of sp³-hybridized carbons (Fsp3) is 0.350. The first-order valence-corrected chi connectivity index (χ1v) is 11.1. The van der Waals surface area contributed by atoms with Crippen LogP contribution < -0.4 is 10.9 Å². The molecule has 5 nitrogen and oxygen atoms in total. The highest BCUT2D eigenvalue weighted by Gasteiger charge is 2.21. The van der Waals surface area contributed by atoms with Crippen molar-refractivity contribution in [3.05, 3.63) is 62.5 Å². The molecule has 7 heteroatoms. The second kappa shape index (κ2) is 8.27. The van der Waals surface area contributed by atoms with Gasteiger partial charge in [-0.3, -0.25) is 9.59 Å². The van der Waals surface area contributed by atoms with Gasteiger partial charge in [-0.05, 0) is 30.4 Å². The SMILES string of the molecule is O=C(CCSCc1nc2sc3c(c2c(=O)[nH]1)CCC3)NCc1ccccc1. The average Bonchev–Trinajstić information content (AvgIpc) is 3.25. The molecule has 3 aromatic rings. The maximum Gasteiger partial charge on any atom is 0.259 e. The fourth-order valence-electron chi connectivity index (χ4n) is 3.33. The molecule has 2 heterocycles. The van der Waals surface area contributed by atoms with Crippen molar-refractivity contribution in [2.24, 2.45) is 0 Å². The summed E-state index contributed by atoms with van der Waals surface area (Å²) in [5, 5.41) is 3.72. The topological polar surface area (TPSA) is 74.8 Å². The Kier molecular flexibility index (Phi) is 5.59. The van der Waals surface area contributed by atoms with Crippen LogP contribution in [0.25, 0.3) is 10.2 Å². The van der Waals surface area contributed by atoms with Crippen LogP contribution in [0.2, 0.25) is 0 Å². The summed E-state index contributed by atoms with van der Waals surface area (Å²) in [4.78, 5) is 34.1. The lowest BCUT2D eigenvalue weighted by Gasteiger charge is -2.05. The zero-order chi connectivity index (χ0) is 18.6. The molecule has 0 radical (unpaired) electrons. The highest BCUT2D eigenvalue weighted by atomic mass is 32.2. The Hall–Kier alpha value is -2.12. The van der Waals surface area contributed by atoms with Gasteiger partial charge in [0.15, 0.2) is 0 Å². The lowest BCUT2D eigenvalue weighted by Crippen LogP contribution is -2.23. The quantitative estimate of drug-likeness (QED) is 0.597. The highest BCUT2D eigenvalue weighted by Crippen LogP contribution is 2.34. The van der Waals surface area contributed by atoms with Crippen molar-refractivity contribution in [2.45, 2.75) is 38.0 Å². The average molecular weight is 400 g/mol. The van der Waals surface area contributed by atoms with Gasteiger partial charge < -0.3 is 10.3 Å². The third-order valence-electron chi connectivity index (χ3n) is 4.67. The van der Waals surface area contributed by atoms with Crippen molar-refractivity contribution in [3.8, 4) is 0 Å². The second-order valence-corrected chi connectivity index (χ2v) is 8.80. The van der Waals surface area contributed by atoms with Gasteiger partial charge in [0, 0.05) is 23.6 Å². The van der Waals surface area contributed by atoms with Crippen LogP contribution in [-0.2, 0) is 29.9 Å². The molecule has 0 spiro atoms. The Balaban J connectivity index is 1.27. The van der Waals surface area contributed by atoms with E-state index >= 15 is 0 Å². The van der Waals surface area contributed by atoms with Gasteiger partial charge >= 0.3 is 0 Å². The van der Waals surface area contributed by atoms with Crippen molar-refractivity contribution in [3.63, 3.8) is 0 Å². The fourth-order valence-corrected chi connectivity index (χ4v) is 5.42. The van der Waals surface area contributed by atoms with Crippen molar-refractivity contribution < 1.29 is 4.79 Å². The van der Waals surface area contributed by atoms with Crippen LogP contribution in [0.3, 0.4) is 0 Å². The van der Waals surface area contributed by atoms with E-state index < -0.39 is 0 Å². The predicted octanol–water partition coefficient (Wildman–Crippen LogP) is 3.41. The van der Waals surface area contributed by atoms with Crippen LogP contribution >= 0.6 is 23.1 Å². The van der Waals surface area contributed by atoms with Crippen molar-refractivity contribution in [1.82, 2.24) is 15.3 Å². The van der Waals surface area contributed by atoms with Gasteiger partial charge in [-0.2, -0.15) is 11.8 Å². The summed E-state index contributed by atoms with van der Waals surface area (Å²) in [7, 11) is 0. The normalized spacial score (nSPS) is 13.0. The number of thioether (sulfide) groups is 1. The van der Waals surface area contributed by atoms with Crippen LogP contribution in [0.15, 0.2) is 35.1 Å². The summed E-state index contributed by atoms with van der Waals surface area (Å²) in [6, 6.07) is 9.87. The van der Waals surface area contributed by atoms with Crippen LogP contribution in [0.1, 0.15) is 34.7 Å². The molecular weight excluding hydrogens is 378 g/mol. The molecule has 0 bridgehead atoms. The first kappa shape index (κ1) is 18.3. The zero-order valence-corrected chi connectivity index (χ0v) is 16.5. The van der Waals surface area contributed by atoms with Crippen LogP contribution in [0.4, 0.5) is 0 Å². The van der Waals surface area contributed by atoms with Crippen molar-refractivity contribution >= 4 is 39.2 Å². The van der Waals surface area contributed by atoms with Crippen LogP contribution in [0.5, 0.6) is 0 Å². The summed E-state index contributed by atoms with van der Waals surface area (Å²) in [6.45, 7) is 0.554. The van der Waals surface area contributed by atoms with Gasteiger partial charge in [0.05, 0.1) is 11.1 Å². The Morgan fingerprint density at radius 2 is 2.11 bits per heavy atom. The van der Waals surface area contributed by atoms with E-state index in [1.807, 2.05) is 30.3 Å². The summed E-state index contributed by atoms with van der Waals surface area (Å²) < 4.78 is 0. The van der Waals surface area contributed by atoms with Gasteiger partial charge in [0.1, 0.15) is 10.7 Å². The van der Waals surface area contributed by atoms with E-state index in [0.29, 0.717) is 30.3 Å². The molecule has 2 aromatic heterocycles. The maximum atomic E-state index is 12.4. The minimum absolute atomic E-state index is 0.0180. The van der Waals surface area contributed by atoms with Gasteiger partial charge in [0.2, 0.25) is 5.91 Å². The smallest absolute Gasteiger partial charge is 0.259 e. The second-order valence-electron chi connectivity index (χ2n) is 6.62. The molecule has 1 aliphatic rings. The molecule has 2 N–H and O–H groups in total. The number of fused-ring (bicyclic) bond motifs is 3. The number of rotatable bonds is 7. The lowest BCUT2D eigenvalue weighted by molar-refractivity contribution is -0.120. The van der Waals surface area contributed by atoms with E-state index in [0.717, 1.165) is 35.0 Å². The lowest BCUT2D eigenvalue weighted by atomic mass is 10.2. The van der Waals surface area contributed by atoms with Gasteiger partial charge in [-0.25, -0.2) is 4.98 Å². The number of hydrogen-bond donors (Lipinski definition) is 2. The first-order valence-electron chi connectivity index (χ1n) is 9.12. The Bertz CT molecular complexity index is 1010. The minimum atomic E-state index is -0.0180. The number of aryl methyl sites for hydroxylation is 2. The number of nitrogens with zero attached hydrogens (tertiary/aromatic N) is 1. The van der Waals surface area contributed by atoms with E-state index in [9.17, 15) is 9.59 Å². The Labute approximate surface area is 165 Å². The van der Waals surface area contributed by atoms with Crippen LogP contribution in [0, 0.1) is 0 Å². The van der Waals surface area contributed by atoms with E-state index in [1.54, 1.807) is 23.1 Å². The number of aromatic amines is 1. The van der Waals surface area contributed by atoms with Crippen molar-refractivity contribution in [2.75, 3.05) is 5.75 Å². The number of amides is 1. The number of carbonyl (C=O) groups excluding carboxylic acids is 1. The monoisotopic (exact) mass is 399 g/mol. The molecule has 1 aliphatic carbocycles. The van der Waals surface area contributed by atoms with E-state index in [1.165, 1.54) is 10.4 Å². The largest absolute Gasteiger partial charge is 0.352 e. The number of aromatic nitrogens is 2. The van der Waals surface area contributed by atoms with Gasteiger partial charge in [0.25, 0.3) is 5.56 Å². The highest BCUT2D eigenvalue weighted by molar-refractivity contribution is 7.98. The predicted molar refractivity (Wildman–Crippen MR) is 111 cm³/mol. The molecule has 0 saturated carbocycles. The van der Waals surface area contributed by atoms with Gasteiger partial charge in [-0.15, -0.1) is 11.3 Å². The molecule has 0 fully saturated rings. The zero-order valence-electron chi connectivity index (χ0n) is 14.9. The number of H-pyrrole nitrogens is 1. The number of thiophene rings is 1. The standard InChI is InChI=1S/C20H21N3O2S2/c24-17(21-11-13-5-2-1-3-6-13)9-10-26-12-16-22-19(25)18-14-7-4-8-15(14)27-20(18)23-16/h1-3,5-6H,4,7-12H2,(H,21,24)(H,22,23,25). The molecule has 0 aliphatic heterocycles. The van der Waals surface area contributed by atoms with Gasteiger partial charge in [-0.1, -0.05) is 30.3 Å².